The summed E-state index contributed by atoms with van der Waals surface area (Å²) in [6.07, 6.45) is 6.28. The monoisotopic (exact) mass is 395 g/mol. The molecule has 2 fully saturated rings. The molecule has 0 amide bonds. The summed E-state index contributed by atoms with van der Waals surface area (Å²) in [5.41, 5.74) is 2.45. The predicted molar refractivity (Wildman–Crippen MR) is 110 cm³/mol. The van der Waals surface area contributed by atoms with Crippen LogP contribution in [-0.2, 0) is 0 Å². The fourth-order valence-electron chi connectivity index (χ4n) is 3.55. The smallest absolute Gasteiger partial charge is 0.223 e. The summed E-state index contributed by atoms with van der Waals surface area (Å²) in [6.45, 7) is 2.02. The summed E-state index contributed by atoms with van der Waals surface area (Å²) < 4.78 is 13.9. The quantitative estimate of drug-likeness (QED) is 0.668. The van der Waals surface area contributed by atoms with Gasteiger partial charge >= 0.3 is 0 Å². The molecular weight excluding hydrogens is 373 g/mol. The van der Waals surface area contributed by atoms with Crippen molar-refractivity contribution in [3.63, 3.8) is 0 Å². The van der Waals surface area contributed by atoms with Gasteiger partial charge in [-0.1, -0.05) is 12.1 Å². The van der Waals surface area contributed by atoms with Crippen LogP contribution >= 0.6 is 11.3 Å². The van der Waals surface area contributed by atoms with Gasteiger partial charge in [-0.3, -0.25) is 0 Å². The largest absolute Gasteiger partial charge is 0.351 e. The third-order valence-corrected chi connectivity index (χ3v) is 6.47. The first-order valence-electron chi connectivity index (χ1n) is 9.83. The maximum Gasteiger partial charge on any atom is 0.223 e. The highest BCUT2D eigenvalue weighted by molar-refractivity contribution is 7.15. The number of halogens is 1. The second-order valence-electron chi connectivity index (χ2n) is 7.45. The van der Waals surface area contributed by atoms with E-state index in [1.54, 1.807) is 29.7 Å². The van der Waals surface area contributed by atoms with E-state index in [1.165, 1.54) is 18.9 Å². The lowest BCUT2D eigenvalue weighted by Crippen LogP contribution is -2.26. The average molecular weight is 396 g/mol. The maximum atomic E-state index is 13.9. The van der Waals surface area contributed by atoms with Gasteiger partial charge in [0.15, 0.2) is 0 Å². The van der Waals surface area contributed by atoms with E-state index in [4.69, 9.17) is 9.97 Å². The van der Waals surface area contributed by atoms with Crippen LogP contribution in [0.2, 0.25) is 0 Å². The van der Waals surface area contributed by atoms with Crippen molar-refractivity contribution in [1.82, 2.24) is 20.3 Å². The van der Waals surface area contributed by atoms with E-state index in [-0.39, 0.29) is 5.82 Å². The highest BCUT2D eigenvalue weighted by Gasteiger charge is 2.25. The summed E-state index contributed by atoms with van der Waals surface area (Å²) in [5, 5.41) is 7.88. The van der Waals surface area contributed by atoms with Crippen molar-refractivity contribution in [2.75, 3.05) is 18.4 Å². The van der Waals surface area contributed by atoms with Crippen LogP contribution in [0.1, 0.15) is 36.6 Å². The molecule has 7 heteroatoms. The average Bonchev–Trinajstić information content (AvgIpc) is 3.42. The Morgan fingerprint density at radius 3 is 2.71 bits per heavy atom. The van der Waals surface area contributed by atoms with Crippen LogP contribution in [0.3, 0.4) is 0 Å². The Morgan fingerprint density at radius 2 is 1.93 bits per heavy atom. The minimum atomic E-state index is -0.251. The normalized spacial score (nSPS) is 17.6. The number of benzene rings is 1. The van der Waals surface area contributed by atoms with Gasteiger partial charge in [-0.05, 0) is 57.0 Å². The Kier molecular flexibility index (Phi) is 4.78. The fraction of sp³-hybridized carbons (Fsp3) is 0.381. The van der Waals surface area contributed by atoms with Gasteiger partial charge in [-0.15, -0.1) is 11.3 Å². The molecule has 0 bridgehead atoms. The summed E-state index contributed by atoms with van der Waals surface area (Å²) in [7, 11) is 0. The molecule has 2 N–H and O–H groups in total. The van der Waals surface area contributed by atoms with Gasteiger partial charge < -0.3 is 10.6 Å². The van der Waals surface area contributed by atoms with Crippen LogP contribution in [0.4, 0.5) is 10.3 Å². The lowest BCUT2D eigenvalue weighted by molar-refractivity contribution is 0.459. The molecule has 5 rings (SSSR count). The number of aromatic nitrogens is 3. The fourth-order valence-corrected chi connectivity index (χ4v) is 4.78. The summed E-state index contributed by atoms with van der Waals surface area (Å²) in [4.78, 5) is 15.0. The molecule has 144 valence electrons. The summed E-state index contributed by atoms with van der Waals surface area (Å²) >= 11 is 1.68. The molecule has 28 heavy (non-hydrogen) atoms. The molecule has 1 saturated heterocycles. The summed E-state index contributed by atoms with van der Waals surface area (Å²) in [5.74, 6) is 0.846. The molecule has 3 heterocycles. The second kappa shape index (κ2) is 7.56. The molecule has 1 aliphatic carbocycles. The lowest BCUT2D eigenvalue weighted by Gasteiger charge is -2.20. The molecular formula is C21H22FN5S. The molecule has 5 nitrogen and oxygen atoms in total. The van der Waals surface area contributed by atoms with Gasteiger partial charge in [-0.2, -0.15) is 0 Å². The molecule has 0 radical (unpaired) electrons. The second-order valence-corrected chi connectivity index (χ2v) is 8.48. The van der Waals surface area contributed by atoms with Gasteiger partial charge in [0.2, 0.25) is 5.95 Å². The van der Waals surface area contributed by atoms with E-state index >= 15 is 0 Å². The van der Waals surface area contributed by atoms with Gasteiger partial charge in [-0.25, -0.2) is 19.3 Å². The van der Waals surface area contributed by atoms with Crippen LogP contribution in [0, 0.1) is 5.82 Å². The zero-order chi connectivity index (χ0) is 18.9. The van der Waals surface area contributed by atoms with Crippen molar-refractivity contribution >= 4 is 17.3 Å². The molecule has 0 unspecified atom stereocenters. The molecule has 2 aliphatic rings. The van der Waals surface area contributed by atoms with Gasteiger partial charge in [0.25, 0.3) is 0 Å². The van der Waals surface area contributed by atoms with Crippen molar-refractivity contribution in [3.8, 4) is 21.8 Å². The molecule has 0 atom stereocenters. The zero-order valence-electron chi connectivity index (χ0n) is 15.5. The van der Waals surface area contributed by atoms with Crippen molar-refractivity contribution in [1.29, 1.82) is 0 Å². The van der Waals surface area contributed by atoms with Crippen LogP contribution in [0.5, 0.6) is 0 Å². The number of nitrogens with zero attached hydrogens (tertiary/aromatic N) is 3. The maximum absolute atomic E-state index is 13.9. The number of nitrogens with one attached hydrogen (secondary N) is 2. The van der Waals surface area contributed by atoms with E-state index in [9.17, 15) is 4.39 Å². The van der Waals surface area contributed by atoms with Crippen LogP contribution in [0.15, 0.2) is 36.5 Å². The van der Waals surface area contributed by atoms with E-state index < -0.39 is 0 Å². The molecule has 1 aliphatic heterocycles. The number of hydrogen-bond acceptors (Lipinski definition) is 6. The van der Waals surface area contributed by atoms with Crippen molar-refractivity contribution in [3.05, 3.63) is 47.4 Å². The van der Waals surface area contributed by atoms with E-state index in [0.717, 1.165) is 52.8 Å². The first-order chi connectivity index (χ1) is 13.8. The first-order valence-corrected chi connectivity index (χ1v) is 10.7. The van der Waals surface area contributed by atoms with Crippen LogP contribution in [-0.4, -0.2) is 34.1 Å². The lowest BCUT2D eigenvalue weighted by atomic mass is 9.99. The Labute approximate surface area is 167 Å². The highest BCUT2D eigenvalue weighted by Crippen LogP contribution is 2.40. The zero-order valence-corrected chi connectivity index (χ0v) is 16.3. The molecule has 1 saturated carbocycles. The Morgan fingerprint density at radius 1 is 1.07 bits per heavy atom. The Hall–Kier alpha value is -2.38. The van der Waals surface area contributed by atoms with E-state index in [2.05, 4.69) is 15.6 Å². The first kappa shape index (κ1) is 17.7. The number of anilines is 1. The van der Waals surface area contributed by atoms with E-state index in [1.807, 2.05) is 12.1 Å². The Balaban J connectivity index is 1.57. The van der Waals surface area contributed by atoms with Crippen LogP contribution < -0.4 is 10.6 Å². The van der Waals surface area contributed by atoms with Crippen molar-refractivity contribution in [2.45, 2.75) is 37.6 Å². The minimum Gasteiger partial charge on any atom is -0.351 e. The summed E-state index contributed by atoms with van der Waals surface area (Å²) in [6, 6.07) is 9.07. The standard InChI is InChI=1S/C21H22FN5S/c22-15-3-1-2-14(12-15)18-19(28-20(27-18)13-6-9-23-10-7-13)17-8-11-24-21(26-17)25-16-4-5-16/h1-3,8,11-13,16,23H,4-7,9-10H2,(H,24,25,26). The molecule has 1 aromatic carbocycles. The van der Waals surface area contributed by atoms with Gasteiger partial charge in [0.1, 0.15) is 5.82 Å². The van der Waals surface area contributed by atoms with Crippen molar-refractivity contribution < 1.29 is 4.39 Å². The van der Waals surface area contributed by atoms with E-state index in [0.29, 0.717) is 17.9 Å². The number of piperidine rings is 1. The minimum absolute atomic E-state index is 0.251. The molecule has 2 aromatic heterocycles. The third-order valence-electron chi connectivity index (χ3n) is 5.23. The SMILES string of the molecule is Fc1cccc(-c2nc(C3CCNCC3)sc2-c2ccnc(NC3CC3)n2)c1. The molecule has 3 aromatic rings. The number of rotatable bonds is 5. The van der Waals surface area contributed by atoms with Crippen molar-refractivity contribution in [2.24, 2.45) is 0 Å². The van der Waals surface area contributed by atoms with Gasteiger partial charge in [0, 0.05) is 23.7 Å². The number of thiazole rings is 1. The highest BCUT2D eigenvalue weighted by atomic mass is 32.1. The topological polar surface area (TPSA) is 62.7 Å². The number of hydrogen-bond donors (Lipinski definition) is 2. The van der Waals surface area contributed by atoms with Gasteiger partial charge in [0.05, 0.1) is 21.3 Å². The third kappa shape index (κ3) is 3.77. The Bertz CT molecular complexity index is 978. The predicted octanol–water partition coefficient (Wildman–Crippen LogP) is 4.45. The molecule has 0 spiro atoms. The van der Waals surface area contributed by atoms with Crippen LogP contribution in [0.25, 0.3) is 21.8 Å².